The van der Waals surface area contributed by atoms with E-state index < -0.39 is 168 Å². The Labute approximate surface area is 504 Å². The van der Waals surface area contributed by atoms with E-state index in [2.05, 4.69) is 34.0 Å². The Morgan fingerprint density at radius 2 is 0.932 bits per heavy atom. The van der Waals surface area contributed by atoms with Gasteiger partial charge in [-0.15, -0.1) is 0 Å². The standard InChI is InChI=1S/C25H38F4N6O8S2.C12H11F4N5O3S.C11H21NO5S/c1-7-25(4,23(37)43-13-12-35(5,6)11-8-14-44(38,39)40)15-24(2,3)22(36)31-9-10-32-45(41,42)21-18(28)16(26)20(33-34-30)17(27)19(21)29;1-5(2)12(22)18-3-4-19-25(23,24)11-8(15)6(13)10(20-21-17)7(14)9(11)16;1-10(2)11(13)17-8-7-12(3,4)6-5-9-18(14,15)16/h32H,7-15H2,1-6H3,(H-,31,36,38,39,40);19H,1,3-4H2,2H3,(H,18,22);1,5-9H2,2-4H3. The molecule has 0 radical (unpaired) electrons. The van der Waals surface area contributed by atoms with Gasteiger partial charge in [-0.3, -0.25) is 14.4 Å². The quantitative estimate of drug-likeness (QED) is 0.00678. The van der Waals surface area contributed by atoms with Gasteiger partial charge in [-0.2, -0.15) is 0 Å². The molecular formula is C48H70F8N12O16S4. The van der Waals surface area contributed by atoms with Crippen LogP contribution in [0.15, 0.2) is 44.3 Å². The summed E-state index contributed by atoms with van der Waals surface area (Å²) in [5, 5.41) is 9.58. The van der Waals surface area contributed by atoms with Crippen molar-refractivity contribution in [1.29, 1.82) is 0 Å². The van der Waals surface area contributed by atoms with E-state index in [1.807, 2.05) is 23.9 Å². The number of likely N-dealkylation sites (N-methyl/N-ethyl adjacent to an activating group) is 2. The number of ether oxygens (including phenoxy) is 2. The lowest BCUT2D eigenvalue weighted by molar-refractivity contribution is -0.890. The lowest BCUT2D eigenvalue weighted by atomic mass is 9.72. The number of azide groups is 2. The summed E-state index contributed by atoms with van der Waals surface area (Å²) < 4.78 is 238. The van der Waals surface area contributed by atoms with Gasteiger partial charge in [0.1, 0.15) is 37.7 Å². The van der Waals surface area contributed by atoms with Crippen LogP contribution in [-0.2, 0) is 68.9 Å². The van der Waals surface area contributed by atoms with Crippen LogP contribution in [0.2, 0.25) is 0 Å². The smallest absolute Gasteiger partial charge is 0.333 e. The topological polar surface area (TPSA) is 415 Å². The minimum Gasteiger partial charge on any atom is -0.748 e. The summed E-state index contributed by atoms with van der Waals surface area (Å²) in [6.45, 7) is 16.3. The van der Waals surface area contributed by atoms with Crippen molar-refractivity contribution in [2.24, 2.45) is 21.1 Å². The maximum Gasteiger partial charge on any atom is 0.333 e. The minimum absolute atomic E-state index is 0.000985. The molecule has 2 amide bonds. The van der Waals surface area contributed by atoms with Crippen molar-refractivity contribution in [3.8, 4) is 0 Å². The summed E-state index contributed by atoms with van der Waals surface area (Å²) in [5.74, 6) is -21.0. The number of sulfonamides is 2. The largest absolute Gasteiger partial charge is 0.748 e. The average molecular weight is 1350 g/mol. The molecule has 498 valence electrons. The van der Waals surface area contributed by atoms with Crippen LogP contribution in [0.1, 0.15) is 67.2 Å². The van der Waals surface area contributed by atoms with Crippen molar-refractivity contribution < 1.29 is 116 Å². The van der Waals surface area contributed by atoms with Gasteiger partial charge in [0, 0.05) is 76.9 Å². The second kappa shape index (κ2) is 34.4. The van der Waals surface area contributed by atoms with Crippen LogP contribution >= 0.6 is 0 Å². The van der Waals surface area contributed by atoms with E-state index >= 15 is 0 Å². The van der Waals surface area contributed by atoms with E-state index in [0.29, 0.717) is 42.7 Å². The molecule has 0 heterocycles. The van der Waals surface area contributed by atoms with Gasteiger partial charge in [-0.25, -0.2) is 83.0 Å². The predicted octanol–water partition coefficient (Wildman–Crippen LogP) is 5.24. The number of carbonyl (C=O) groups is 4. The highest BCUT2D eigenvalue weighted by molar-refractivity contribution is 7.89. The molecule has 28 nitrogen and oxygen atoms in total. The van der Waals surface area contributed by atoms with Crippen LogP contribution in [0.3, 0.4) is 0 Å². The Kier molecular flexibility index (Phi) is 31.8. The third kappa shape index (κ3) is 27.0. The average Bonchev–Trinajstić information content (AvgIpc) is 0.876. The summed E-state index contributed by atoms with van der Waals surface area (Å²) >= 11 is 0. The third-order valence-electron chi connectivity index (χ3n) is 12.3. The maximum absolute atomic E-state index is 14.3. The lowest BCUT2D eigenvalue weighted by Crippen LogP contribution is -2.46. The number of amides is 2. The number of nitrogens with zero attached hydrogens (tertiary/aromatic N) is 8. The molecular weight excluding hydrogens is 1280 g/mol. The fourth-order valence-electron chi connectivity index (χ4n) is 7.22. The van der Waals surface area contributed by atoms with Gasteiger partial charge in [0.15, 0.2) is 56.3 Å². The molecule has 0 aliphatic heterocycles. The summed E-state index contributed by atoms with van der Waals surface area (Å²) in [5.41, 5.74) is 11.3. The normalized spacial score (nSPS) is 12.7. The van der Waals surface area contributed by atoms with E-state index in [-0.39, 0.29) is 54.8 Å². The number of hydrogen-bond acceptors (Lipinski definition) is 18. The van der Waals surface area contributed by atoms with Crippen LogP contribution in [0.4, 0.5) is 46.5 Å². The third-order valence-corrected chi connectivity index (χ3v) is 16.8. The van der Waals surface area contributed by atoms with Gasteiger partial charge in [0.2, 0.25) is 31.9 Å². The molecule has 0 aromatic heterocycles. The molecule has 0 spiro atoms. The number of quaternary nitrogens is 2. The van der Waals surface area contributed by atoms with Gasteiger partial charge in [-0.05, 0) is 44.7 Å². The molecule has 0 aliphatic carbocycles. The van der Waals surface area contributed by atoms with Gasteiger partial charge in [-0.1, -0.05) is 44.2 Å². The molecule has 0 bridgehead atoms. The Bertz CT molecular complexity index is 3420. The van der Waals surface area contributed by atoms with E-state index in [0.717, 1.165) is 0 Å². The van der Waals surface area contributed by atoms with E-state index in [4.69, 9.17) is 20.5 Å². The molecule has 2 rings (SSSR count). The summed E-state index contributed by atoms with van der Waals surface area (Å²) in [6, 6.07) is 0. The first-order valence-corrected chi connectivity index (χ1v) is 31.7. The Hall–Kier alpha value is -6.58. The first-order valence-electron chi connectivity index (χ1n) is 25.6. The fraction of sp³-hybridized carbons (Fsp3) is 0.583. The molecule has 88 heavy (non-hydrogen) atoms. The van der Waals surface area contributed by atoms with Crippen molar-refractivity contribution in [2.45, 2.75) is 77.0 Å². The highest BCUT2D eigenvalue weighted by Crippen LogP contribution is 2.38. The molecule has 2 aromatic carbocycles. The molecule has 2 aromatic rings. The van der Waals surface area contributed by atoms with Gasteiger partial charge < -0.3 is 38.2 Å². The number of nitrogens with one attached hydrogen (secondary N) is 4. The van der Waals surface area contributed by atoms with Crippen LogP contribution < -0.4 is 20.1 Å². The van der Waals surface area contributed by atoms with Crippen LogP contribution in [0.5, 0.6) is 0 Å². The Morgan fingerprint density at radius 3 is 1.25 bits per heavy atom. The molecule has 4 N–H and O–H groups in total. The SMILES string of the molecule is C=C(C)C(=O)NCCNS(=O)(=O)c1c(F)c(F)c(N=[N+]=[N-])c(F)c1F.C=C(C)C(=O)OCC[N+](C)(C)CCCS(=O)(=O)[O-].CCC(C)(CC(C)(C)C(=O)NCCNS(=O)(=O)c1c(F)c(F)c(N=[N+]=[N-])c(F)c1F)C(=O)OCC[N+](C)(C)CCCS(=O)(=O)[O-]. The number of esters is 2. The minimum atomic E-state index is -5.18. The van der Waals surface area contributed by atoms with Crippen LogP contribution in [0, 0.1) is 57.4 Å². The van der Waals surface area contributed by atoms with Gasteiger partial charge in [0.05, 0.1) is 66.9 Å². The second-order valence-corrected chi connectivity index (χ2v) is 27.8. The maximum atomic E-state index is 14.3. The van der Waals surface area contributed by atoms with Crippen molar-refractivity contribution >= 4 is 75.4 Å². The summed E-state index contributed by atoms with van der Waals surface area (Å²) in [4.78, 5) is 48.4. The molecule has 0 aliphatic rings. The van der Waals surface area contributed by atoms with Crippen molar-refractivity contribution in [3.63, 3.8) is 0 Å². The van der Waals surface area contributed by atoms with Crippen LogP contribution in [-0.4, -0.2) is 181 Å². The molecule has 1 atom stereocenters. The summed E-state index contributed by atoms with van der Waals surface area (Å²) in [7, 11) is -11.3. The van der Waals surface area contributed by atoms with E-state index in [9.17, 15) is 97.1 Å². The number of halogens is 8. The Morgan fingerprint density at radius 1 is 0.580 bits per heavy atom. The van der Waals surface area contributed by atoms with Crippen molar-refractivity contribution in [1.82, 2.24) is 20.1 Å². The van der Waals surface area contributed by atoms with Gasteiger partial charge in [0.25, 0.3) is 0 Å². The zero-order chi connectivity index (χ0) is 68.8. The molecule has 0 fully saturated rings. The first kappa shape index (κ1) is 81.4. The lowest BCUT2D eigenvalue weighted by Gasteiger charge is -2.35. The monoisotopic (exact) mass is 1350 g/mol. The van der Waals surface area contributed by atoms with Crippen LogP contribution in [0.25, 0.3) is 20.9 Å². The van der Waals surface area contributed by atoms with Crippen molar-refractivity contribution in [2.75, 3.05) is 105 Å². The first-order chi connectivity index (χ1) is 40.0. The highest BCUT2D eigenvalue weighted by Gasteiger charge is 2.42. The molecule has 0 saturated heterocycles. The molecule has 40 heteroatoms. The number of benzene rings is 2. The number of rotatable bonds is 33. The number of hydrogen-bond donors (Lipinski definition) is 4. The predicted molar refractivity (Wildman–Crippen MR) is 297 cm³/mol. The molecule has 1 unspecified atom stereocenters. The summed E-state index contributed by atoms with van der Waals surface area (Å²) in [6.07, 6.45) is 0.720. The zero-order valence-corrected chi connectivity index (χ0v) is 52.8. The Balaban J connectivity index is 0.00000147. The second-order valence-electron chi connectivity index (χ2n) is 21.4. The van der Waals surface area contributed by atoms with Crippen molar-refractivity contribution in [3.05, 3.63) is 91.7 Å². The number of carbonyl (C=O) groups excluding carboxylic acids is 4. The molecule has 0 saturated carbocycles. The zero-order valence-electron chi connectivity index (χ0n) is 49.5. The van der Waals surface area contributed by atoms with Gasteiger partial charge >= 0.3 is 11.9 Å². The van der Waals surface area contributed by atoms with E-state index in [1.165, 1.54) is 20.8 Å². The highest BCUT2D eigenvalue weighted by atomic mass is 32.2. The fourth-order valence-corrected chi connectivity index (χ4v) is 10.5. The van der Waals surface area contributed by atoms with E-state index in [1.54, 1.807) is 44.3 Å².